The molecule has 0 saturated carbocycles. The van der Waals surface area contributed by atoms with E-state index < -0.39 is 10.0 Å². The first kappa shape index (κ1) is 15.0. The van der Waals surface area contributed by atoms with E-state index in [0.29, 0.717) is 5.75 Å². The number of sulfonamides is 1. The summed E-state index contributed by atoms with van der Waals surface area (Å²) in [6.45, 7) is 7.60. The molecular weight excluding hydrogens is 250 g/mol. The Kier molecular flexibility index (Phi) is 4.76. The third kappa shape index (κ3) is 3.46. The normalized spacial score (nSPS) is 12.2. The SMILES string of the molecule is COc1ccc(S(=O)(=O)NC(C)C)cc1C(C)C. The Balaban J connectivity index is 3.24. The molecule has 1 aromatic carbocycles. The van der Waals surface area contributed by atoms with Crippen molar-refractivity contribution in [3.05, 3.63) is 23.8 Å². The highest BCUT2D eigenvalue weighted by molar-refractivity contribution is 7.89. The maximum Gasteiger partial charge on any atom is 0.240 e. The van der Waals surface area contributed by atoms with Crippen LogP contribution < -0.4 is 9.46 Å². The number of methoxy groups -OCH3 is 1. The average Bonchev–Trinajstić information content (AvgIpc) is 2.26. The third-order valence-electron chi connectivity index (χ3n) is 2.52. The number of benzene rings is 1. The van der Waals surface area contributed by atoms with E-state index in [-0.39, 0.29) is 16.9 Å². The smallest absolute Gasteiger partial charge is 0.240 e. The summed E-state index contributed by atoms with van der Waals surface area (Å²) >= 11 is 0. The van der Waals surface area contributed by atoms with Crippen molar-refractivity contribution >= 4 is 10.0 Å². The largest absolute Gasteiger partial charge is 0.496 e. The molecular formula is C13H21NO3S. The first-order chi connectivity index (χ1) is 8.27. The van der Waals surface area contributed by atoms with Crippen molar-refractivity contribution in [1.82, 2.24) is 4.72 Å². The van der Waals surface area contributed by atoms with Gasteiger partial charge in [-0.25, -0.2) is 13.1 Å². The highest BCUT2D eigenvalue weighted by Gasteiger charge is 2.18. The lowest BCUT2D eigenvalue weighted by Crippen LogP contribution is -2.30. The van der Waals surface area contributed by atoms with E-state index in [1.165, 1.54) is 0 Å². The maximum atomic E-state index is 12.1. The number of rotatable bonds is 5. The molecule has 0 aliphatic rings. The molecule has 0 radical (unpaired) electrons. The zero-order valence-corrected chi connectivity index (χ0v) is 12.3. The number of nitrogens with one attached hydrogen (secondary N) is 1. The first-order valence-corrected chi connectivity index (χ1v) is 7.46. The predicted molar refractivity (Wildman–Crippen MR) is 72.5 cm³/mol. The van der Waals surface area contributed by atoms with Crippen molar-refractivity contribution < 1.29 is 13.2 Å². The fraction of sp³-hybridized carbons (Fsp3) is 0.538. The van der Waals surface area contributed by atoms with Gasteiger partial charge >= 0.3 is 0 Å². The molecule has 102 valence electrons. The van der Waals surface area contributed by atoms with Crippen LogP contribution in [0, 0.1) is 0 Å². The van der Waals surface area contributed by atoms with E-state index in [1.54, 1.807) is 39.2 Å². The second kappa shape index (κ2) is 5.71. The molecule has 0 bridgehead atoms. The van der Waals surface area contributed by atoms with Gasteiger partial charge in [-0.15, -0.1) is 0 Å². The van der Waals surface area contributed by atoms with E-state index >= 15 is 0 Å². The Morgan fingerprint density at radius 2 is 1.78 bits per heavy atom. The Bertz CT molecular complexity index is 507. The third-order valence-corrected chi connectivity index (χ3v) is 4.18. The number of hydrogen-bond acceptors (Lipinski definition) is 3. The molecule has 0 amide bonds. The summed E-state index contributed by atoms with van der Waals surface area (Å²) in [5, 5.41) is 0. The van der Waals surface area contributed by atoms with Crippen LogP contribution in [0.4, 0.5) is 0 Å². The molecule has 0 saturated heterocycles. The van der Waals surface area contributed by atoms with Crippen LogP contribution in [0.25, 0.3) is 0 Å². The highest BCUT2D eigenvalue weighted by atomic mass is 32.2. The summed E-state index contributed by atoms with van der Waals surface area (Å²) in [7, 11) is -1.86. The Hall–Kier alpha value is -1.07. The van der Waals surface area contributed by atoms with E-state index in [0.717, 1.165) is 5.56 Å². The minimum absolute atomic E-state index is 0.125. The van der Waals surface area contributed by atoms with Crippen molar-refractivity contribution in [3.8, 4) is 5.75 Å². The van der Waals surface area contributed by atoms with Crippen LogP contribution in [0.2, 0.25) is 0 Å². The Labute approximate surface area is 109 Å². The molecule has 0 atom stereocenters. The van der Waals surface area contributed by atoms with Gasteiger partial charge in [-0.1, -0.05) is 13.8 Å². The minimum Gasteiger partial charge on any atom is -0.496 e. The van der Waals surface area contributed by atoms with Crippen LogP contribution >= 0.6 is 0 Å². The highest BCUT2D eigenvalue weighted by Crippen LogP contribution is 2.28. The topological polar surface area (TPSA) is 55.4 Å². The van der Waals surface area contributed by atoms with Crippen LogP contribution in [-0.2, 0) is 10.0 Å². The maximum absolute atomic E-state index is 12.1. The zero-order chi connectivity index (χ0) is 13.9. The molecule has 5 heteroatoms. The quantitative estimate of drug-likeness (QED) is 0.895. The Morgan fingerprint density at radius 1 is 1.17 bits per heavy atom. The molecule has 4 nitrogen and oxygen atoms in total. The molecule has 0 aromatic heterocycles. The predicted octanol–water partition coefficient (Wildman–Crippen LogP) is 2.51. The zero-order valence-electron chi connectivity index (χ0n) is 11.5. The van der Waals surface area contributed by atoms with Crippen LogP contribution in [0.3, 0.4) is 0 Å². The molecule has 0 fully saturated rings. The average molecular weight is 271 g/mol. The lowest BCUT2D eigenvalue weighted by molar-refractivity contribution is 0.407. The van der Waals surface area contributed by atoms with Gasteiger partial charge in [-0.2, -0.15) is 0 Å². The van der Waals surface area contributed by atoms with Gasteiger partial charge in [0, 0.05) is 6.04 Å². The first-order valence-electron chi connectivity index (χ1n) is 5.98. The monoisotopic (exact) mass is 271 g/mol. The summed E-state index contributed by atoms with van der Waals surface area (Å²) in [6.07, 6.45) is 0. The van der Waals surface area contributed by atoms with Crippen LogP contribution in [0.5, 0.6) is 5.75 Å². The molecule has 1 rings (SSSR count). The van der Waals surface area contributed by atoms with Crippen molar-refractivity contribution in [3.63, 3.8) is 0 Å². The van der Waals surface area contributed by atoms with E-state index in [9.17, 15) is 8.42 Å². The van der Waals surface area contributed by atoms with Crippen molar-refractivity contribution in [2.45, 2.75) is 44.6 Å². The van der Waals surface area contributed by atoms with E-state index in [4.69, 9.17) is 4.74 Å². The lowest BCUT2D eigenvalue weighted by atomic mass is 10.0. The molecule has 0 aliphatic carbocycles. The molecule has 0 aliphatic heterocycles. The Morgan fingerprint density at radius 3 is 2.22 bits per heavy atom. The van der Waals surface area contributed by atoms with Gasteiger partial charge in [0.2, 0.25) is 10.0 Å². The second-order valence-electron chi connectivity index (χ2n) is 4.83. The van der Waals surface area contributed by atoms with Gasteiger partial charge in [0.1, 0.15) is 5.75 Å². The summed E-state index contributed by atoms with van der Waals surface area (Å²) < 4.78 is 31.9. The fourth-order valence-electron chi connectivity index (χ4n) is 1.71. The molecule has 1 N–H and O–H groups in total. The van der Waals surface area contributed by atoms with Crippen molar-refractivity contribution in [2.24, 2.45) is 0 Å². The summed E-state index contributed by atoms with van der Waals surface area (Å²) in [4.78, 5) is 0.278. The summed E-state index contributed by atoms with van der Waals surface area (Å²) in [6, 6.07) is 4.81. The van der Waals surface area contributed by atoms with Crippen molar-refractivity contribution in [2.75, 3.05) is 7.11 Å². The molecule has 0 heterocycles. The summed E-state index contributed by atoms with van der Waals surface area (Å²) in [5.41, 5.74) is 0.893. The number of ether oxygens (including phenoxy) is 1. The van der Waals surface area contributed by atoms with Crippen LogP contribution in [0.15, 0.2) is 23.1 Å². The van der Waals surface area contributed by atoms with E-state index in [1.807, 2.05) is 13.8 Å². The number of hydrogen-bond donors (Lipinski definition) is 1. The van der Waals surface area contributed by atoms with Gasteiger partial charge in [0.25, 0.3) is 0 Å². The minimum atomic E-state index is -3.45. The van der Waals surface area contributed by atoms with Crippen LogP contribution in [-0.4, -0.2) is 21.6 Å². The van der Waals surface area contributed by atoms with Gasteiger partial charge in [-0.05, 0) is 43.5 Å². The molecule has 0 unspecified atom stereocenters. The van der Waals surface area contributed by atoms with Gasteiger partial charge in [0.05, 0.1) is 12.0 Å². The second-order valence-corrected chi connectivity index (χ2v) is 6.55. The van der Waals surface area contributed by atoms with Gasteiger partial charge < -0.3 is 4.74 Å². The van der Waals surface area contributed by atoms with Crippen LogP contribution in [0.1, 0.15) is 39.2 Å². The molecule has 18 heavy (non-hydrogen) atoms. The molecule has 0 spiro atoms. The lowest BCUT2D eigenvalue weighted by Gasteiger charge is -2.15. The fourth-order valence-corrected chi connectivity index (χ4v) is 3.00. The van der Waals surface area contributed by atoms with Gasteiger partial charge in [0.15, 0.2) is 0 Å². The standard InChI is InChI=1S/C13H21NO3S/c1-9(2)12-8-11(6-7-13(12)17-5)18(15,16)14-10(3)4/h6-10,14H,1-5H3. The van der Waals surface area contributed by atoms with Crippen molar-refractivity contribution in [1.29, 1.82) is 0 Å². The summed E-state index contributed by atoms with van der Waals surface area (Å²) in [5.74, 6) is 0.919. The van der Waals surface area contributed by atoms with E-state index in [2.05, 4.69) is 4.72 Å². The molecule has 1 aromatic rings. The van der Waals surface area contributed by atoms with Gasteiger partial charge in [-0.3, -0.25) is 0 Å².